The molecule has 0 bridgehead atoms. The average Bonchev–Trinajstić information content (AvgIpc) is 3.24. The molecule has 142 valence electrons. The molecule has 27 heavy (non-hydrogen) atoms. The molecule has 0 radical (unpaired) electrons. The summed E-state index contributed by atoms with van der Waals surface area (Å²) in [6.07, 6.45) is 0. The summed E-state index contributed by atoms with van der Waals surface area (Å²) in [7, 11) is 3.05. The summed E-state index contributed by atoms with van der Waals surface area (Å²) in [5.74, 6) is -0.462. The molecule has 1 amide bonds. The van der Waals surface area contributed by atoms with Crippen LogP contribution < -0.4 is 10.1 Å². The fourth-order valence-corrected chi connectivity index (χ4v) is 3.64. The van der Waals surface area contributed by atoms with Crippen LogP contribution in [0, 0.1) is 6.92 Å². The number of carbonyl (C=O) groups excluding carboxylic acids is 1. The van der Waals surface area contributed by atoms with Gasteiger partial charge in [-0.1, -0.05) is 0 Å². The number of aromatic nitrogens is 2. The van der Waals surface area contributed by atoms with Gasteiger partial charge in [0.05, 0.1) is 23.9 Å². The summed E-state index contributed by atoms with van der Waals surface area (Å²) in [5, 5.41) is 12.3. The van der Waals surface area contributed by atoms with E-state index < -0.39 is 5.97 Å². The Labute approximate surface area is 157 Å². The van der Waals surface area contributed by atoms with Gasteiger partial charge in [0.25, 0.3) is 5.91 Å². The van der Waals surface area contributed by atoms with Gasteiger partial charge in [0.1, 0.15) is 17.2 Å². The van der Waals surface area contributed by atoms with E-state index in [0.29, 0.717) is 38.1 Å². The van der Waals surface area contributed by atoms with E-state index in [2.05, 4.69) is 15.3 Å². The Hall–Kier alpha value is -2.98. The first-order valence-electron chi connectivity index (χ1n) is 7.87. The Bertz CT molecular complexity index is 1010. The van der Waals surface area contributed by atoms with Crippen LogP contribution in [0.4, 0.5) is 0 Å². The summed E-state index contributed by atoms with van der Waals surface area (Å²) in [5.41, 5.74) is 0.707. The predicted octanol–water partition coefficient (Wildman–Crippen LogP) is 2.38. The largest absolute Gasteiger partial charge is 0.480 e. The zero-order valence-corrected chi connectivity index (χ0v) is 15.7. The minimum atomic E-state index is -1.16. The Morgan fingerprint density at radius 1 is 1.30 bits per heavy atom. The van der Waals surface area contributed by atoms with E-state index in [4.69, 9.17) is 19.0 Å². The molecule has 0 saturated carbocycles. The zero-order chi connectivity index (χ0) is 19.6. The lowest BCUT2D eigenvalue weighted by Crippen LogP contribution is -2.22. The number of rotatable bonds is 7. The first-order chi connectivity index (χ1) is 12.9. The van der Waals surface area contributed by atoms with E-state index in [1.165, 1.54) is 30.6 Å². The molecule has 0 aliphatic carbocycles. The summed E-state index contributed by atoms with van der Waals surface area (Å²) in [4.78, 5) is 33.2. The molecule has 10 heteroatoms. The van der Waals surface area contributed by atoms with Crippen molar-refractivity contribution in [2.75, 3.05) is 14.2 Å². The van der Waals surface area contributed by atoms with Crippen molar-refractivity contribution in [3.05, 3.63) is 39.9 Å². The van der Waals surface area contributed by atoms with Crippen molar-refractivity contribution in [1.82, 2.24) is 15.3 Å². The maximum atomic E-state index is 12.6. The molecule has 0 aliphatic heterocycles. The summed E-state index contributed by atoms with van der Waals surface area (Å²) in [6, 6.07) is 2.85. The number of thiophene rings is 1. The van der Waals surface area contributed by atoms with Crippen LogP contribution in [0.1, 0.15) is 37.4 Å². The van der Waals surface area contributed by atoms with Gasteiger partial charge in [-0.15, -0.1) is 11.3 Å². The Morgan fingerprint density at radius 3 is 2.70 bits per heavy atom. The first-order valence-corrected chi connectivity index (χ1v) is 8.69. The third kappa shape index (κ3) is 3.76. The molecule has 0 spiro atoms. The van der Waals surface area contributed by atoms with Crippen LogP contribution in [0.25, 0.3) is 10.2 Å². The Kier molecular flexibility index (Phi) is 5.38. The van der Waals surface area contributed by atoms with Crippen LogP contribution in [-0.4, -0.2) is 41.2 Å². The van der Waals surface area contributed by atoms with Crippen molar-refractivity contribution in [2.45, 2.75) is 20.1 Å². The summed E-state index contributed by atoms with van der Waals surface area (Å²) >= 11 is 1.22. The van der Waals surface area contributed by atoms with Crippen LogP contribution in [0.3, 0.4) is 0 Å². The van der Waals surface area contributed by atoms with Crippen molar-refractivity contribution in [2.24, 2.45) is 0 Å². The average molecular weight is 391 g/mol. The molecule has 9 nitrogen and oxygen atoms in total. The summed E-state index contributed by atoms with van der Waals surface area (Å²) < 4.78 is 15.5. The van der Waals surface area contributed by atoms with E-state index in [1.54, 1.807) is 14.0 Å². The number of nitrogens with one attached hydrogen (secondary N) is 1. The van der Waals surface area contributed by atoms with Gasteiger partial charge in [-0.3, -0.25) is 4.79 Å². The molecule has 0 aromatic carbocycles. The Balaban J connectivity index is 1.85. The van der Waals surface area contributed by atoms with Gasteiger partial charge < -0.3 is 24.3 Å². The van der Waals surface area contributed by atoms with E-state index in [-0.39, 0.29) is 24.8 Å². The molecule has 3 rings (SSSR count). The first kappa shape index (κ1) is 18.8. The van der Waals surface area contributed by atoms with Crippen molar-refractivity contribution in [1.29, 1.82) is 0 Å². The Morgan fingerprint density at radius 2 is 2.07 bits per heavy atom. The van der Waals surface area contributed by atoms with E-state index in [9.17, 15) is 9.59 Å². The minimum absolute atomic E-state index is 0.0670. The number of amides is 1. The molecular weight excluding hydrogens is 374 g/mol. The van der Waals surface area contributed by atoms with E-state index in [1.807, 2.05) is 0 Å². The molecule has 3 aromatic rings. The van der Waals surface area contributed by atoms with Gasteiger partial charge >= 0.3 is 5.97 Å². The number of hydrogen-bond donors (Lipinski definition) is 2. The number of nitrogens with zero attached hydrogens (tertiary/aromatic N) is 2. The van der Waals surface area contributed by atoms with Crippen molar-refractivity contribution in [3.63, 3.8) is 0 Å². The van der Waals surface area contributed by atoms with Gasteiger partial charge in [-0.2, -0.15) is 4.98 Å². The maximum Gasteiger partial charge on any atom is 0.371 e. The number of ether oxygens (including phenoxy) is 2. The number of furan rings is 1. The maximum absolute atomic E-state index is 12.6. The van der Waals surface area contributed by atoms with Crippen molar-refractivity contribution < 1.29 is 28.6 Å². The van der Waals surface area contributed by atoms with Crippen LogP contribution in [-0.2, 0) is 17.9 Å². The second-order valence-corrected chi connectivity index (χ2v) is 6.57. The topological polar surface area (TPSA) is 124 Å². The van der Waals surface area contributed by atoms with Crippen LogP contribution >= 0.6 is 11.3 Å². The summed E-state index contributed by atoms with van der Waals surface area (Å²) in [6.45, 7) is 2.10. The second kappa shape index (κ2) is 7.72. The van der Waals surface area contributed by atoms with Gasteiger partial charge in [-0.25, -0.2) is 9.78 Å². The smallest absolute Gasteiger partial charge is 0.371 e. The van der Waals surface area contributed by atoms with Crippen LogP contribution in [0.2, 0.25) is 0 Å². The molecule has 0 saturated heterocycles. The van der Waals surface area contributed by atoms with Gasteiger partial charge in [0, 0.05) is 7.11 Å². The van der Waals surface area contributed by atoms with Gasteiger partial charge in [0.2, 0.25) is 11.6 Å². The zero-order valence-electron chi connectivity index (χ0n) is 14.9. The second-order valence-electron chi connectivity index (χ2n) is 5.57. The number of aromatic carboxylic acids is 1. The fourth-order valence-electron chi connectivity index (χ4n) is 2.54. The van der Waals surface area contributed by atoms with Gasteiger partial charge in [0.15, 0.2) is 5.82 Å². The number of carbonyl (C=O) groups is 2. The molecule has 3 aromatic heterocycles. The fraction of sp³-hybridized carbons (Fsp3) is 0.294. The minimum Gasteiger partial charge on any atom is -0.480 e. The third-order valence-electron chi connectivity index (χ3n) is 3.77. The van der Waals surface area contributed by atoms with Crippen LogP contribution in [0.5, 0.6) is 5.88 Å². The van der Waals surface area contributed by atoms with Gasteiger partial charge in [-0.05, 0) is 24.6 Å². The quantitative estimate of drug-likeness (QED) is 0.629. The lowest BCUT2D eigenvalue weighted by molar-refractivity contribution is 0.0660. The van der Waals surface area contributed by atoms with Crippen molar-refractivity contribution >= 4 is 33.4 Å². The number of carboxylic acid groups (broad SMARTS) is 1. The standard InChI is InChI=1S/C17H17N3O6S/c1-8-12-15(25-3)19-11(7-24-2)20-16(12)27-13(8)14(21)18-6-9-4-5-10(26-9)17(22)23/h4-5H,6-7H2,1-3H3,(H,18,21)(H,22,23). The number of aryl methyl sites for hydroxylation is 1. The number of methoxy groups -OCH3 is 2. The molecule has 0 fully saturated rings. The molecule has 0 aliphatic rings. The van der Waals surface area contributed by atoms with Crippen molar-refractivity contribution in [3.8, 4) is 5.88 Å². The lowest BCUT2D eigenvalue weighted by atomic mass is 10.2. The number of fused-ring (bicyclic) bond motifs is 1. The highest BCUT2D eigenvalue weighted by Crippen LogP contribution is 2.35. The highest BCUT2D eigenvalue weighted by molar-refractivity contribution is 7.20. The monoisotopic (exact) mass is 391 g/mol. The normalized spacial score (nSPS) is 10.9. The highest BCUT2D eigenvalue weighted by atomic mass is 32.1. The molecule has 2 N–H and O–H groups in total. The van der Waals surface area contributed by atoms with E-state index in [0.717, 1.165) is 0 Å². The van der Waals surface area contributed by atoms with E-state index >= 15 is 0 Å². The van der Waals surface area contributed by atoms with Crippen LogP contribution in [0.15, 0.2) is 16.5 Å². The number of hydrogen-bond acceptors (Lipinski definition) is 8. The number of carboxylic acids is 1. The predicted molar refractivity (Wildman–Crippen MR) is 96.3 cm³/mol. The SMILES string of the molecule is COCc1nc(OC)c2c(C)c(C(=O)NCc3ccc(C(=O)O)o3)sc2n1. The third-order valence-corrected chi connectivity index (χ3v) is 4.96. The lowest BCUT2D eigenvalue weighted by Gasteiger charge is -2.05. The molecular formula is C17H17N3O6S. The molecule has 0 atom stereocenters. The molecule has 3 heterocycles. The molecule has 0 unspecified atom stereocenters. The highest BCUT2D eigenvalue weighted by Gasteiger charge is 2.21.